The molecule has 0 saturated carbocycles. The number of nitrogens with zero attached hydrogens (tertiary/aromatic N) is 1. The zero-order chi connectivity index (χ0) is 19.2. The number of carbonyl (C=O) groups excluding carboxylic acids is 1. The Morgan fingerprint density at radius 2 is 1.63 bits per heavy atom. The van der Waals surface area contributed by atoms with Gasteiger partial charge in [-0.25, -0.2) is 0 Å². The van der Waals surface area contributed by atoms with Gasteiger partial charge in [-0.2, -0.15) is 0 Å². The summed E-state index contributed by atoms with van der Waals surface area (Å²) in [6.45, 7) is 3.16. The molecule has 1 aliphatic rings. The number of piperidine rings is 1. The summed E-state index contributed by atoms with van der Waals surface area (Å²) in [6, 6.07) is 13.5. The summed E-state index contributed by atoms with van der Waals surface area (Å²) in [5.74, 6) is 0.850. The Balaban J connectivity index is 1.37. The Kier molecular flexibility index (Phi) is 7.60. The molecule has 1 heterocycles. The molecule has 0 aromatic heterocycles. The summed E-state index contributed by atoms with van der Waals surface area (Å²) < 4.78 is 0. The fourth-order valence-electron chi connectivity index (χ4n) is 3.69. The van der Waals surface area contributed by atoms with Crippen LogP contribution in [-0.2, 0) is 11.2 Å². The minimum Gasteiger partial charge on any atom is -0.303 e. The molecule has 144 valence electrons. The third-order valence-corrected chi connectivity index (χ3v) is 6.10. The van der Waals surface area contributed by atoms with Crippen LogP contribution in [0.4, 0.5) is 0 Å². The number of carbonyl (C=O) groups is 1. The van der Waals surface area contributed by atoms with Gasteiger partial charge in [0.25, 0.3) is 0 Å². The highest BCUT2D eigenvalue weighted by atomic mass is 35.5. The van der Waals surface area contributed by atoms with E-state index in [4.69, 9.17) is 34.8 Å². The number of hydrogen-bond acceptors (Lipinski definition) is 2. The third-order valence-electron chi connectivity index (χ3n) is 5.26. The lowest BCUT2D eigenvalue weighted by Crippen LogP contribution is -2.33. The maximum absolute atomic E-state index is 12.2. The Morgan fingerprint density at radius 3 is 2.30 bits per heavy atom. The van der Waals surface area contributed by atoms with Gasteiger partial charge < -0.3 is 4.90 Å². The summed E-state index contributed by atoms with van der Waals surface area (Å²) >= 11 is 18.0. The van der Waals surface area contributed by atoms with Crippen LogP contribution >= 0.6 is 34.8 Å². The van der Waals surface area contributed by atoms with Crippen LogP contribution in [0, 0.1) is 0 Å². The number of Topliss-reactive ketones (excluding diaryl/α,β-unsaturated/α-hetero) is 1. The van der Waals surface area contributed by atoms with E-state index in [0.29, 0.717) is 28.8 Å². The molecule has 0 atom stereocenters. The molecule has 0 aliphatic carbocycles. The standard InChI is InChI=1S/C22H24Cl3NO/c23-19-6-3-16(4-7-19)17-9-12-26(13-10-17)11-1-2-21(27)14-18-5-8-20(24)15-22(18)25/h3-8,15,17H,1-2,9-14H2. The molecule has 3 rings (SSSR count). The van der Waals surface area contributed by atoms with Crippen molar-refractivity contribution in [2.45, 2.75) is 38.0 Å². The van der Waals surface area contributed by atoms with Crippen LogP contribution in [0.3, 0.4) is 0 Å². The van der Waals surface area contributed by atoms with Crippen molar-refractivity contribution in [1.82, 2.24) is 4.90 Å². The van der Waals surface area contributed by atoms with E-state index >= 15 is 0 Å². The molecule has 0 bridgehead atoms. The molecule has 1 saturated heterocycles. The average Bonchev–Trinajstić information content (AvgIpc) is 2.65. The topological polar surface area (TPSA) is 20.3 Å². The number of likely N-dealkylation sites (tertiary alicyclic amines) is 1. The van der Waals surface area contributed by atoms with Crippen LogP contribution < -0.4 is 0 Å². The molecule has 2 nitrogen and oxygen atoms in total. The highest BCUT2D eigenvalue weighted by Crippen LogP contribution is 2.29. The van der Waals surface area contributed by atoms with Gasteiger partial charge in [-0.1, -0.05) is 53.0 Å². The second kappa shape index (κ2) is 9.93. The van der Waals surface area contributed by atoms with E-state index in [1.807, 2.05) is 18.2 Å². The predicted molar refractivity (Wildman–Crippen MR) is 114 cm³/mol. The quantitative estimate of drug-likeness (QED) is 0.511. The van der Waals surface area contributed by atoms with Gasteiger partial charge in [-0.3, -0.25) is 4.79 Å². The molecule has 5 heteroatoms. The molecule has 0 amide bonds. The fraction of sp³-hybridized carbons (Fsp3) is 0.409. The van der Waals surface area contributed by atoms with Crippen molar-refractivity contribution in [1.29, 1.82) is 0 Å². The van der Waals surface area contributed by atoms with Crippen molar-refractivity contribution in [2.24, 2.45) is 0 Å². The van der Waals surface area contributed by atoms with Gasteiger partial charge in [0.05, 0.1) is 0 Å². The van der Waals surface area contributed by atoms with E-state index in [9.17, 15) is 4.79 Å². The van der Waals surface area contributed by atoms with E-state index in [2.05, 4.69) is 17.0 Å². The first kappa shape index (κ1) is 20.7. The molecule has 1 fully saturated rings. The number of hydrogen-bond donors (Lipinski definition) is 0. The summed E-state index contributed by atoms with van der Waals surface area (Å²) in [5, 5.41) is 1.96. The highest BCUT2D eigenvalue weighted by Gasteiger charge is 2.20. The first-order valence-corrected chi connectivity index (χ1v) is 10.6. The average molecular weight is 425 g/mol. The summed E-state index contributed by atoms with van der Waals surface area (Å²) in [4.78, 5) is 14.7. The maximum atomic E-state index is 12.2. The van der Waals surface area contributed by atoms with Crippen LogP contribution in [-0.4, -0.2) is 30.3 Å². The van der Waals surface area contributed by atoms with Gasteiger partial charge >= 0.3 is 0 Å². The Labute approximate surface area is 176 Å². The van der Waals surface area contributed by atoms with Crippen molar-refractivity contribution in [3.8, 4) is 0 Å². The maximum Gasteiger partial charge on any atom is 0.137 e. The first-order chi connectivity index (χ1) is 13.0. The predicted octanol–water partition coefficient (Wildman–Crippen LogP) is 6.42. The largest absolute Gasteiger partial charge is 0.303 e. The summed E-state index contributed by atoms with van der Waals surface area (Å²) in [5.41, 5.74) is 2.24. The zero-order valence-corrected chi connectivity index (χ0v) is 17.5. The molecule has 2 aromatic rings. The monoisotopic (exact) mass is 423 g/mol. The first-order valence-electron chi connectivity index (χ1n) is 9.44. The van der Waals surface area contributed by atoms with Crippen molar-refractivity contribution in [3.63, 3.8) is 0 Å². The van der Waals surface area contributed by atoms with Crippen LogP contribution in [0.2, 0.25) is 15.1 Å². The van der Waals surface area contributed by atoms with Gasteiger partial charge in [0.15, 0.2) is 0 Å². The molecule has 0 spiro atoms. The van der Waals surface area contributed by atoms with E-state index in [-0.39, 0.29) is 5.78 Å². The minimum absolute atomic E-state index is 0.232. The summed E-state index contributed by atoms with van der Waals surface area (Å²) in [6.07, 6.45) is 4.20. The minimum atomic E-state index is 0.232. The number of halogens is 3. The van der Waals surface area contributed by atoms with E-state index < -0.39 is 0 Å². The molecular weight excluding hydrogens is 401 g/mol. The third kappa shape index (κ3) is 6.22. The molecule has 0 radical (unpaired) electrons. The van der Waals surface area contributed by atoms with Gasteiger partial charge in [0, 0.05) is 27.9 Å². The Morgan fingerprint density at radius 1 is 0.963 bits per heavy atom. The Bertz CT molecular complexity index is 768. The summed E-state index contributed by atoms with van der Waals surface area (Å²) in [7, 11) is 0. The van der Waals surface area contributed by atoms with Gasteiger partial charge in [-0.05, 0) is 80.2 Å². The van der Waals surface area contributed by atoms with Crippen molar-refractivity contribution >= 4 is 40.6 Å². The van der Waals surface area contributed by atoms with Gasteiger partial charge in [0.1, 0.15) is 5.78 Å². The Hall–Kier alpha value is -1.06. The van der Waals surface area contributed by atoms with Crippen LogP contribution in [0.5, 0.6) is 0 Å². The molecule has 0 N–H and O–H groups in total. The lowest BCUT2D eigenvalue weighted by molar-refractivity contribution is -0.118. The number of rotatable bonds is 7. The van der Waals surface area contributed by atoms with E-state index in [1.54, 1.807) is 12.1 Å². The van der Waals surface area contributed by atoms with Crippen LogP contribution in [0.25, 0.3) is 0 Å². The second-order valence-electron chi connectivity index (χ2n) is 7.22. The van der Waals surface area contributed by atoms with E-state index in [1.165, 1.54) is 5.56 Å². The van der Waals surface area contributed by atoms with Crippen molar-refractivity contribution in [3.05, 3.63) is 68.7 Å². The molecule has 27 heavy (non-hydrogen) atoms. The smallest absolute Gasteiger partial charge is 0.137 e. The fourth-order valence-corrected chi connectivity index (χ4v) is 4.29. The van der Waals surface area contributed by atoms with E-state index in [0.717, 1.165) is 49.5 Å². The number of benzene rings is 2. The SMILES string of the molecule is O=C(CCCN1CCC(c2ccc(Cl)cc2)CC1)Cc1ccc(Cl)cc1Cl. The molecular formula is C22H24Cl3NO. The van der Waals surface area contributed by atoms with Crippen LogP contribution in [0.1, 0.15) is 42.7 Å². The lowest BCUT2D eigenvalue weighted by atomic mass is 9.89. The molecule has 0 unspecified atom stereocenters. The second-order valence-corrected chi connectivity index (χ2v) is 8.50. The van der Waals surface area contributed by atoms with Gasteiger partial charge in [0.2, 0.25) is 0 Å². The lowest BCUT2D eigenvalue weighted by Gasteiger charge is -2.32. The normalized spacial score (nSPS) is 15.8. The van der Waals surface area contributed by atoms with Crippen LogP contribution in [0.15, 0.2) is 42.5 Å². The molecule has 1 aliphatic heterocycles. The van der Waals surface area contributed by atoms with Gasteiger partial charge in [-0.15, -0.1) is 0 Å². The number of ketones is 1. The van der Waals surface area contributed by atoms with Crippen molar-refractivity contribution < 1.29 is 4.79 Å². The zero-order valence-electron chi connectivity index (χ0n) is 15.3. The highest BCUT2D eigenvalue weighted by molar-refractivity contribution is 6.35. The molecule has 2 aromatic carbocycles. The van der Waals surface area contributed by atoms with Crippen molar-refractivity contribution in [2.75, 3.05) is 19.6 Å².